The van der Waals surface area contributed by atoms with Gasteiger partial charge in [0.15, 0.2) is 0 Å². The highest BCUT2D eigenvalue weighted by Gasteiger charge is 2.20. The molecule has 6 nitrogen and oxygen atoms in total. The molecule has 2 unspecified atom stereocenters. The van der Waals surface area contributed by atoms with Gasteiger partial charge in [0.2, 0.25) is 0 Å². The maximum Gasteiger partial charge on any atom is 0.407 e. The zero-order valence-electron chi connectivity index (χ0n) is 14.0. The lowest BCUT2D eigenvalue weighted by Gasteiger charge is -2.27. The summed E-state index contributed by atoms with van der Waals surface area (Å²) in [6.07, 6.45) is 0.261. The Labute approximate surface area is 127 Å². The number of carboxylic acid groups (broad SMARTS) is 1. The fraction of sp³-hybridized carbons (Fsp3) is 0.867. The van der Waals surface area contributed by atoms with Crippen LogP contribution >= 0.6 is 0 Å². The Balaban J connectivity index is 4.25. The molecule has 0 rings (SSSR count). The van der Waals surface area contributed by atoms with E-state index in [9.17, 15) is 9.59 Å². The topological polar surface area (TPSA) is 87.7 Å². The number of carboxylic acids is 1. The highest BCUT2D eigenvalue weighted by molar-refractivity contribution is 5.67. The second-order valence-electron chi connectivity index (χ2n) is 6.73. The molecule has 1 amide bonds. The number of carbonyl (C=O) groups excluding carboxylic acids is 1. The highest BCUT2D eigenvalue weighted by atomic mass is 16.6. The van der Waals surface area contributed by atoms with Gasteiger partial charge in [0, 0.05) is 25.0 Å². The molecule has 0 fully saturated rings. The number of carbonyl (C=O) groups is 2. The van der Waals surface area contributed by atoms with E-state index >= 15 is 0 Å². The van der Waals surface area contributed by atoms with Crippen molar-refractivity contribution >= 4 is 12.1 Å². The summed E-state index contributed by atoms with van der Waals surface area (Å²) in [6.45, 7) is 12.0. The first kappa shape index (κ1) is 19.7. The van der Waals surface area contributed by atoms with Crippen LogP contribution in [0.5, 0.6) is 0 Å². The molecule has 0 saturated heterocycles. The van der Waals surface area contributed by atoms with Crippen molar-refractivity contribution in [3.8, 4) is 0 Å². The van der Waals surface area contributed by atoms with Gasteiger partial charge < -0.3 is 20.5 Å². The molecule has 6 heteroatoms. The predicted molar refractivity (Wildman–Crippen MR) is 82.3 cm³/mol. The Kier molecular flexibility index (Phi) is 8.32. The van der Waals surface area contributed by atoms with E-state index in [0.717, 1.165) is 0 Å². The number of rotatable bonds is 8. The van der Waals surface area contributed by atoms with Gasteiger partial charge in [0.05, 0.1) is 0 Å². The minimum Gasteiger partial charge on any atom is -0.481 e. The quantitative estimate of drug-likeness (QED) is 0.641. The number of ether oxygens (including phenoxy) is 1. The molecule has 0 heterocycles. The zero-order valence-corrected chi connectivity index (χ0v) is 14.0. The molecule has 0 saturated carbocycles. The summed E-state index contributed by atoms with van der Waals surface area (Å²) in [7, 11) is 0. The van der Waals surface area contributed by atoms with E-state index in [2.05, 4.69) is 24.5 Å². The molecule has 0 aromatic heterocycles. The standard InChI is InChI=1S/C15H30N2O4/c1-10(2)12(17-11(3)7-8-13(18)19)9-16-14(20)21-15(4,5)6/h10-12,17H,7-9H2,1-6H3,(H,16,20)(H,18,19). The Morgan fingerprint density at radius 2 is 1.76 bits per heavy atom. The van der Waals surface area contributed by atoms with Crippen LogP contribution in [0.25, 0.3) is 0 Å². The van der Waals surface area contributed by atoms with Crippen molar-refractivity contribution < 1.29 is 19.4 Å². The van der Waals surface area contributed by atoms with Crippen LogP contribution in [0.15, 0.2) is 0 Å². The smallest absolute Gasteiger partial charge is 0.407 e. The summed E-state index contributed by atoms with van der Waals surface area (Å²) in [6, 6.07) is 0.148. The number of aliphatic carboxylic acids is 1. The van der Waals surface area contributed by atoms with Gasteiger partial charge in [-0.2, -0.15) is 0 Å². The van der Waals surface area contributed by atoms with Crippen LogP contribution in [0.2, 0.25) is 0 Å². The molecule has 124 valence electrons. The maximum absolute atomic E-state index is 11.6. The average Bonchev–Trinajstić information content (AvgIpc) is 2.29. The SMILES string of the molecule is CC(CCC(=O)O)NC(CNC(=O)OC(C)(C)C)C(C)C. The molecule has 0 aliphatic carbocycles. The number of hydrogen-bond donors (Lipinski definition) is 3. The normalized spacial score (nSPS) is 14.6. The third kappa shape index (κ3) is 11.1. The number of amides is 1. The highest BCUT2D eigenvalue weighted by Crippen LogP contribution is 2.08. The lowest BCUT2D eigenvalue weighted by atomic mass is 10.0. The second-order valence-corrected chi connectivity index (χ2v) is 6.73. The summed E-state index contributed by atoms with van der Waals surface area (Å²) in [5, 5.41) is 14.8. The fourth-order valence-electron chi connectivity index (χ4n) is 1.78. The third-order valence-electron chi connectivity index (χ3n) is 2.96. The summed E-state index contributed by atoms with van der Waals surface area (Å²) in [5.41, 5.74) is -0.514. The minimum atomic E-state index is -0.795. The van der Waals surface area contributed by atoms with E-state index in [1.807, 2.05) is 27.7 Å². The van der Waals surface area contributed by atoms with Crippen molar-refractivity contribution in [3.63, 3.8) is 0 Å². The minimum absolute atomic E-state index is 0.0707. The van der Waals surface area contributed by atoms with Gasteiger partial charge in [-0.3, -0.25) is 4.79 Å². The first-order valence-corrected chi connectivity index (χ1v) is 7.46. The lowest BCUT2D eigenvalue weighted by Crippen LogP contribution is -2.48. The van der Waals surface area contributed by atoms with Crippen molar-refractivity contribution in [2.24, 2.45) is 5.92 Å². The first-order valence-electron chi connectivity index (χ1n) is 7.46. The van der Waals surface area contributed by atoms with Crippen molar-refractivity contribution in [2.75, 3.05) is 6.54 Å². The largest absolute Gasteiger partial charge is 0.481 e. The monoisotopic (exact) mass is 302 g/mol. The molecule has 0 aliphatic rings. The second kappa shape index (κ2) is 8.87. The van der Waals surface area contributed by atoms with Gasteiger partial charge in [0.1, 0.15) is 5.60 Å². The van der Waals surface area contributed by atoms with Crippen LogP contribution in [0.4, 0.5) is 4.79 Å². The molecule has 21 heavy (non-hydrogen) atoms. The van der Waals surface area contributed by atoms with Crippen LogP contribution in [0, 0.1) is 5.92 Å². The lowest BCUT2D eigenvalue weighted by molar-refractivity contribution is -0.137. The van der Waals surface area contributed by atoms with Gasteiger partial charge >= 0.3 is 12.1 Å². The van der Waals surface area contributed by atoms with Crippen LogP contribution in [0.1, 0.15) is 54.4 Å². The molecule has 0 radical (unpaired) electrons. The van der Waals surface area contributed by atoms with Crippen molar-refractivity contribution in [1.82, 2.24) is 10.6 Å². The van der Waals surface area contributed by atoms with Crippen LogP contribution in [0.3, 0.4) is 0 Å². The molecule has 3 N–H and O–H groups in total. The molecule has 0 aromatic rings. The van der Waals surface area contributed by atoms with Crippen molar-refractivity contribution in [3.05, 3.63) is 0 Å². The number of nitrogens with one attached hydrogen (secondary N) is 2. The first-order chi connectivity index (χ1) is 9.51. The number of alkyl carbamates (subject to hydrolysis) is 1. The Bertz CT molecular complexity index is 337. The summed E-state index contributed by atoms with van der Waals surface area (Å²) in [5.74, 6) is -0.483. The van der Waals surface area contributed by atoms with E-state index in [4.69, 9.17) is 9.84 Å². The maximum atomic E-state index is 11.6. The summed E-state index contributed by atoms with van der Waals surface area (Å²) < 4.78 is 5.20. The molecule has 0 aliphatic heterocycles. The van der Waals surface area contributed by atoms with Crippen LogP contribution in [-0.2, 0) is 9.53 Å². The van der Waals surface area contributed by atoms with E-state index < -0.39 is 17.7 Å². The van der Waals surface area contributed by atoms with E-state index in [0.29, 0.717) is 18.9 Å². The summed E-state index contributed by atoms with van der Waals surface area (Å²) in [4.78, 5) is 22.2. The van der Waals surface area contributed by atoms with Gasteiger partial charge in [-0.05, 0) is 40.0 Å². The zero-order chi connectivity index (χ0) is 16.6. The third-order valence-corrected chi connectivity index (χ3v) is 2.96. The van der Waals surface area contributed by atoms with Gasteiger partial charge in [0.25, 0.3) is 0 Å². The van der Waals surface area contributed by atoms with E-state index in [1.165, 1.54) is 0 Å². The predicted octanol–water partition coefficient (Wildman–Crippen LogP) is 2.38. The molecule has 2 atom stereocenters. The number of hydrogen-bond acceptors (Lipinski definition) is 4. The molecular formula is C15H30N2O4. The Morgan fingerprint density at radius 3 is 2.19 bits per heavy atom. The average molecular weight is 302 g/mol. The Morgan fingerprint density at radius 1 is 1.19 bits per heavy atom. The van der Waals surface area contributed by atoms with Crippen molar-refractivity contribution in [1.29, 1.82) is 0 Å². The molecular weight excluding hydrogens is 272 g/mol. The van der Waals surface area contributed by atoms with Gasteiger partial charge in [-0.1, -0.05) is 13.8 Å². The van der Waals surface area contributed by atoms with Crippen LogP contribution in [-0.4, -0.2) is 41.4 Å². The molecule has 0 aromatic carbocycles. The molecule has 0 bridgehead atoms. The van der Waals surface area contributed by atoms with Crippen LogP contribution < -0.4 is 10.6 Å². The van der Waals surface area contributed by atoms with E-state index in [1.54, 1.807) is 0 Å². The van der Waals surface area contributed by atoms with E-state index in [-0.39, 0.29) is 18.5 Å². The van der Waals surface area contributed by atoms with Gasteiger partial charge in [-0.15, -0.1) is 0 Å². The Hall–Kier alpha value is -1.30. The molecule has 0 spiro atoms. The summed E-state index contributed by atoms with van der Waals surface area (Å²) >= 11 is 0. The fourth-order valence-corrected chi connectivity index (χ4v) is 1.78. The van der Waals surface area contributed by atoms with Gasteiger partial charge in [-0.25, -0.2) is 4.79 Å². The van der Waals surface area contributed by atoms with Crippen molar-refractivity contribution in [2.45, 2.75) is 72.1 Å².